The lowest BCUT2D eigenvalue weighted by Crippen LogP contribution is -2.45. The van der Waals surface area contributed by atoms with Gasteiger partial charge in [0, 0.05) is 39.9 Å². The van der Waals surface area contributed by atoms with E-state index >= 15 is 0 Å². The zero-order valence-electron chi connectivity index (χ0n) is 11.3. The van der Waals surface area contributed by atoms with Crippen LogP contribution in [0.1, 0.15) is 20.3 Å². The summed E-state index contributed by atoms with van der Waals surface area (Å²) in [6.45, 7) is 9.96. The second kappa shape index (κ2) is 11.3. The highest BCUT2D eigenvalue weighted by molar-refractivity contribution is 4.72. The van der Waals surface area contributed by atoms with Gasteiger partial charge >= 0.3 is 0 Å². The van der Waals surface area contributed by atoms with E-state index in [1.165, 1.54) is 0 Å². The highest BCUT2D eigenvalue weighted by Gasteiger charge is 2.15. The molecule has 0 aromatic rings. The summed E-state index contributed by atoms with van der Waals surface area (Å²) >= 11 is 0. The van der Waals surface area contributed by atoms with Crippen molar-refractivity contribution in [2.45, 2.75) is 26.3 Å². The van der Waals surface area contributed by atoms with Gasteiger partial charge in [-0.25, -0.2) is 0 Å². The fraction of sp³-hybridized carbons (Fsp3) is 1.00. The van der Waals surface area contributed by atoms with Crippen molar-refractivity contribution in [2.75, 3.05) is 53.6 Å². The molecule has 0 aromatic heterocycles. The van der Waals surface area contributed by atoms with E-state index in [9.17, 15) is 0 Å². The Morgan fingerprint density at radius 2 is 1.62 bits per heavy atom. The summed E-state index contributed by atoms with van der Waals surface area (Å²) < 4.78 is 10.3. The molecule has 0 fully saturated rings. The molecule has 0 aromatic carbocycles. The SMILES string of the molecule is CCNCC(CC)N(CCOC)CCOC. The molecule has 0 amide bonds. The van der Waals surface area contributed by atoms with Crippen molar-refractivity contribution in [2.24, 2.45) is 0 Å². The van der Waals surface area contributed by atoms with Crippen molar-refractivity contribution in [1.29, 1.82) is 0 Å². The Morgan fingerprint density at radius 1 is 1.06 bits per heavy atom. The first-order valence-electron chi connectivity index (χ1n) is 6.22. The largest absolute Gasteiger partial charge is 0.383 e. The van der Waals surface area contributed by atoms with Crippen LogP contribution in [0, 0.1) is 0 Å². The molecule has 16 heavy (non-hydrogen) atoms. The maximum atomic E-state index is 5.15. The smallest absolute Gasteiger partial charge is 0.0589 e. The Morgan fingerprint density at radius 3 is 2.00 bits per heavy atom. The second-order valence-electron chi connectivity index (χ2n) is 3.89. The average Bonchev–Trinajstić information content (AvgIpc) is 2.32. The highest BCUT2D eigenvalue weighted by atomic mass is 16.5. The third-order valence-corrected chi connectivity index (χ3v) is 2.78. The van der Waals surface area contributed by atoms with E-state index in [-0.39, 0.29) is 0 Å². The second-order valence-corrected chi connectivity index (χ2v) is 3.89. The van der Waals surface area contributed by atoms with E-state index in [0.717, 1.165) is 45.8 Å². The van der Waals surface area contributed by atoms with Crippen LogP contribution >= 0.6 is 0 Å². The van der Waals surface area contributed by atoms with Crippen LogP contribution in [0.25, 0.3) is 0 Å². The van der Waals surface area contributed by atoms with E-state index < -0.39 is 0 Å². The molecule has 0 radical (unpaired) electrons. The summed E-state index contributed by atoms with van der Waals surface area (Å²) in [6.07, 6.45) is 1.15. The Labute approximate surface area is 100 Å². The number of rotatable bonds is 11. The van der Waals surface area contributed by atoms with Gasteiger partial charge in [-0.1, -0.05) is 13.8 Å². The van der Waals surface area contributed by atoms with E-state index in [2.05, 4.69) is 24.1 Å². The number of nitrogens with zero attached hydrogens (tertiary/aromatic N) is 1. The van der Waals surface area contributed by atoms with Gasteiger partial charge in [-0.2, -0.15) is 0 Å². The minimum absolute atomic E-state index is 0.574. The van der Waals surface area contributed by atoms with Crippen LogP contribution in [0.5, 0.6) is 0 Å². The molecular formula is C12H28N2O2. The summed E-state index contributed by atoms with van der Waals surface area (Å²) in [4.78, 5) is 2.44. The average molecular weight is 232 g/mol. The predicted octanol–water partition coefficient (Wildman–Crippen LogP) is 0.969. The molecule has 98 valence electrons. The first kappa shape index (κ1) is 15.8. The standard InChI is InChI=1S/C12H28N2O2/c1-5-12(11-13-6-2)14(7-9-15-3)8-10-16-4/h12-13H,5-11H2,1-4H3. The molecule has 1 atom stereocenters. The van der Waals surface area contributed by atoms with Gasteiger partial charge in [0.1, 0.15) is 0 Å². The molecular weight excluding hydrogens is 204 g/mol. The maximum absolute atomic E-state index is 5.15. The monoisotopic (exact) mass is 232 g/mol. The summed E-state index contributed by atoms with van der Waals surface area (Å²) in [5.74, 6) is 0. The van der Waals surface area contributed by atoms with Gasteiger partial charge in [0.2, 0.25) is 0 Å². The van der Waals surface area contributed by atoms with Crippen molar-refractivity contribution in [3.63, 3.8) is 0 Å². The summed E-state index contributed by atoms with van der Waals surface area (Å²) in [5.41, 5.74) is 0. The van der Waals surface area contributed by atoms with Crippen LogP contribution in [0.4, 0.5) is 0 Å². The Balaban J connectivity index is 4.06. The van der Waals surface area contributed by atoms with Crippen molar-refractivity contribution < 1.29 is 9.47 Å². The van der Waals surface area contributed by atoms with Gasteiger partial charge in [0.05, 0.1) is 13.2 Å². The first-order valence-corrected chi connectivity index (χ1v) is 6.22. The van der Waals surface area contributed by atoms with Gasteiger partial charge in [-0.3, -0.25) is 4.90 Å². The normalized spacial score (nSPS) is 13.3. The Hall–Kier alpha value is -0.160. The summed E-state index contributed by atoms with van der Waals surface area (Å²) in [7, 11) is 3.50. The molecule has 0 rings (SSSR count). The van der Waals surface area contributed by atoms with Crippen LogP contribution < -0.4 is 5.32 Å². The molecule has 1 N–H and O–H groups in total. The van der Waals surface area contributed by atoms with E-state index in [4.69, 9.17) is 9.47 Å². The third kappa shape index (κ3) is 7.17. The van der Waals surface area contributed by atoms with E-state index in [0.29, 0.717) is 6.04 Å². The van der Waals surface area contributed by atoms with Crippen molar-refractivity contribution in [1.82, 2.24) is 10.2 Å². The number of hydrogen-bond acceptors (Lipinski definition) is 4. The molecule has 0 aliphatic heterocycles. The van der Waals surface area contributed by atoms with E-state index in [1.54, 1.807) is 14.2 Å². The third-order valence-electron chi connectivity index (χ3n) is 2.78. The Bertz CT molecular complexity index is 137. The molecule has 0 bridgehead atoms. The molecule has 0 saturated heterocycles. The van der Waals surface area contributed by atoms with Gasteiger partial charge in [-0.15, -0.1) is 0 Å². The zero-order chi connectivity index (χ0) is 12.2. The van der Waals surface area contributed by atoms with Gasteiger partial charge in [0.15, 0.2) is 0 Å². The molecule has 0 aliphatic carbocycles. The van der Waals surface area contributed by atoms with Gasteiger partial charge in [-0.05, 0) is 13.0 Å². The first-order chi connectivity index (χ1) is 7.79. The fourth-order valence-electron chi connectivity index (χ4n) is 1.74. The van der Waals surface area contributed by atoms with Crippen molar-refractivity contribution in [3.8, 4) is 0 Å². The lowest BCUT2D eigenvalue weighted by atomic mass is 10.2. The predicted molar refractivity (Wildman–Crippen MR) is 67.9 cm³/mol. The van der Waals surface area contributed by atoms with Gasteiger partial charge in [0.25, 0.3) is 0 Å². The molecule has 0 saturated carbocycles. The zero-order valence-corrected chi connectivity index (χ0v) is 11.3. The van der Waals surface area contributed by atoms with Crippen LogP contribution in [0.2, 0.25) is 0 Å². The molecule has 1 unspecified atom stereocenters. The van der Waals surface area contributed by atoms with Crippen molar-refractivity contribution in [3.05, 3.63) is 0 Å². The molecule has 0 heterocycles. The summed E-state index contributed by atoms with van der Waals surface area (Å²) in [6, 6.07) is 0.574. The number of likely N-dealkylation sites (N-methyl/N-ethyl adjacent to an activating group) is 1. The fourth-order valence-corrected chi connectivity index (χ4v) is 1.74. The lowest BCUT2D eigenvalue weighted by molar-refractivity contribution is 0.0854. The number of methoxy groups -OCH3 is 2. The molecule has 4 heteroatoms. The lowest BCUT2D eigenvalue weighted by Gasteiger charge is -2.30. The molecule has 4 nitrogen and oxygen atoms in total. The molecule has 0 aliphatic rings. The topological polar surface area (TPSA) is 33.7 Å². The number of ether oxygens (including phenoxy) is 2. The quantitative estimate of drug-likeness (QED) is 0.575. The number of nitrogens with one attached hydrogen (secondary N) is 1. The number of hydrogen-bond donors (Lipinski definition) is 1. The van der Waals surface area contributed by atoms with Crippen molar-refractivity contribution >= 4 is 0 Å². The van der Waals surface area contributed by atoms with Crippen LogP contribution in [-0.2, 0) is 9.47 Å². The van der Waals surface area contributed by atoms with Crippen LogP contribution in [0.15, 0.2) is 0 Å². The Kier molecular flexibility index (Phi) is 11.2. The minimum Gasteiger partial charge on any atom is -0.383 e. The molecule has 0 spiro atoms. The van der Waals surface area contributed by atoms with E-state index in [1.807, 2.05) is 0 Å². The maximum Gasteiger partial charge on any atom is 0.0589 e. The van der Waals surface area contributed by atoms with Crippen LogP contribution in [-0.4, -0.2) is 64.6 Å². The van der Waals surface area contributed by atoms with Crippen LogP contribution in [0.3, 0.4) is 0 Å². The minimum atomic E-state index is 0.574. The highest BCUT2D eigenvalue weighted by Crippen LogP contribution is 2.03. The summed E-state index contributed by atoms with van der Waals surface area (Å²) in [5, 5.41) is 3.41. The van der Waals surface area contributed by atoms with Gasteiger partial charge < -0.3 is 14.8 Å².